The first-order valence-electron chi connectivity index (χ1n) is 23.7. The molecule has 0 bridgehead atoms. The summed E-state index contributed by atoms with van der Waals surface area (Å²) in [5.74, 6) is 1.73. The Kier molecular flexibility index (Phi) is 12.8. The third-order valence-corrected chi connectivity index (χ3v) is 14.5. The van der Waals surface area contributed by atoms with Crippen molar-refractivity contribution < 1.29 is 9.47 Å². The Morgan fingerprint density at radius 3 is 0.871 bits per heavy atom. The highest BCUT2D eigenvalue weighted by atomic mass is 32.1. The zero-order chi connectivity index (χ0) is 47.2. The number of hydrogen-bond donors (Lipinski definition) is 0. The first-order valence-corrected chi connectivity index (χ1v) is 25.3. The minimum absolute atomic E-state index is 0.541. The van der Waals surface area contributed by atoms with Crippen LogP contribution < -0.4 is 9.47 Å². The Balaban J connectivity index is 0.859. The van der Waals surface area contributed by atoms with Gasteiger partial charge < -0.3 is 9.47 Å². The summed E-state index contributed by atoms with van der Waals surface area (Å²) in [4.78, 5) is 12.0. The second kappa shape index (κ2) is 20.2. The van der Waals surface area contributed by atoms with Crippen LogP contribution in [-0.2, 0) is 0 Å². The smallest absolute Gasteiger partial charge is 0.146 e. The van der Waals surface area contributed by atoms with Gasteiger partial charge in [0.05, 0.1) is 34.0 Å². The average Bonchev–Trinajstić information content (AvgIpc) is 4.07. The molecule has 338 valence electrons. The van der Waals surface area contributed by atoms with Gasteiger partial charge in [-0.3, -0.25) is 9.98 Å². The summed E-state index contributed by atoms with van der Waals surface area (Å²) < 4.78 is 15.0. The Labute approximate surface area is 417 Å². The molecule has 0 saturated carbocycles. The quantitative estimate of drug-likeness (QED) is 0.102. The normalized spacial score (nSPS) is 11.6. The molecule has 0 atom stereocenters. The molecule has 0 amide bonds. The Bertz CT molecular complexity index is 3220. The van der Waals surface area contributed by atoms with Gasteiger partial charge in [-0.2, -0.15) is 0 Å². The monoisotopic (exact) mass is 940 g/mol. The van der Waals surface area contributed by atoms with Crippen molar-refractivity contribution in [3.63, 3.8) is 0 Å². The molecule has 0 aliphatic rings. The largest absolute Gasteiger partial charge is 0.492 e. The molecule has 0 N–H and O–H groups in total. The van der Waals surface area contributed by atoms with Crippen LogP contribution in [0.4, 0.5) is 11.4 Å². The molecule has 11 rings (SSSR count). The lowest BCUT2D eigenvalue weighted by Crippen LogP contribution is -1.95. The maximum Gasteiger partial charge on any atom is 0.146 e. The van der Waals surface area contributed by atoms with Crippen LogP contribution in [0.15, 0.2) is 228 Å². The molecule has 0 fully saturated rings. The van der Waals surface area contributed by atoms with Gasteiger partial charge >= 0.3 is 0 Å². The van der Waals surface area contributed by atoms with E-state index in [2.05, 4.69) is 218 Å². The van der Waals surface area contributed by atoms with Crippen LogP contribution in [0.3, 0.4) is 0 Å². The summed E-state index contributed by atoms with van der Waals surface area (Å²) in [5.41, 5.74) is 15.9. The summed E-state index contributed by atoms with van der Waals surface area (Å²) in [6, 6.07) is 77.3. The molecule has 4 nitrogen and oxygen atoms in total. The van der Waals surface area contributed by atoms with E-state index in [1.807, 2.05) is 26.3 Å². The number of hydrogen-bond acceptors (Lipinski definition) is 6. The highest BCUT2D eigenvalue weighted by Crippen LogP contribution is 2.49. The Hall–Kier alpha value is -8.16. The summed E-state index contributed by atoms with van der Waals surface area (Å²) in [6.45, 7) is 5.15. The van der Waals surface area contributed by atoms with Crippen molar-refractivity contribution in [2.24, 2.45) is 9.98 Å². The van der Waals surface area contributed by atoms with Crippen molar-refractivity contribution in [3.8, 4) is 78.3 Å². The average molecular weight is 941 g/mol. The molecule has 6 heteroatoms. The minimum Gasteiger partial charge on any atom is -0.492 e. The van der Waals surface area contributed by atoms with E-state index in [0.29, 0.717) is 13.2 Å². The van der Waals surface area contributed by atoms with Crippen LogP contribution in [0.25, 0.3) is 86.9 Å². The van der Waals surface area contributed by atoms with Crippen molar-refractivity contribution in [3.05, 3.63) is 228 Å². The fourth-order valence-electron chi connectivity index (χ4n) is 8.98. The topological polar surface area (TPSA) is 43.2 Å². The van der Waals surface area contributed by atoms with Gasteiger partial charge in [0.1, 0.15) is 11.5 Å². The SMILES string of the molecule is CCOc1c2cc(C=Nc3ccc(-c4cc(-c5ccccc5)cc(-c5ccccc5)c4)cc3)sc2c(OCC)c2cc(C=Nc3ccc(-c4cc(-c5ccccc5)cc(-c5ccccc5)c4)cc3)sc12. The summed E-state index contributed by atoms with van der Waals surface area (Å²) >= 11 is 3.34. The van der Waals surface area contributed by atoms with Gasteiger partial charge in [0.25, 0.3) is 0 Å². The number of ether oxygens (including phenoxy) is 2. The second-order valence-corrected chi connectivity index (χ2v) is 19.1. The summed E-state index contributed by atoms with van der Waals surface area (Å²) in [5, 5.41) is 2.06. The summed E-state index contributed by atoms with van der Waals surface area (Å²) in [6.07, 6.45) is 3.91. The van der Waals surface area contributed by atoms with Crippen molar-refractivity contribution in [1.82, 2.24) is 0 Å². The van der Waals surface area contributed by atoms with Gasteiger partial charge in [-0.1, -0.05) is 146 Å². The molecule has 0 aliphatic heterocycles. The molecule has 0 radical (unpaired) electrons. The van der Waals surface area contributed by atoms with Crippen LogP contribution in [-0.4, -0.2) is 25.6 Å². The molecule has 70 heavy (non-hydrogen) atoms. The van der Waals surface area contributed by atoms with Gasteiger partial charge in [0, 0.05) is 33.0 Å². The van der Waals surface area contributed by atoms with E-state index in [0.717, 1.165) is 75.1 Å². The number of thiophene rings is 2. The highest BCUT2D eigenvalue weighted by Gasteiger charge is 2.21. The first kappa shape index (κ1) is 44.4. The first-order chi connectivity index (χ1) is 34.6. The standard InChI is InChI=1S/C64H48N2O2S2/c1-3-67-61-59-39-57(41-65-55-29-25-47(26-30-55)53-35-49(43-17-9-5-10-18-43)33-50(36-53)44-19-11-6-12-20-44)70-64(59)62(68-4-2)60-40-58(69-63(60)61)42-66-56-31-27-48(28-32-56)54-37-51(45-21-13-7-14-22-45)34-52(38-54)46-23-15-8-16-24-46/h5-42H,3-4H2,1-2H3. The zero-order valence-corrected chi connectivity index (χ0v) is 40.5. The molecule has 0 spiro atoms. The van der Waals surface area contributed by atoms with Crippen LogP contribution in [0.1, 0.15) is 23.6 Å². The van der Waals surface area contributed by atoms with E-state index in [-0.39, 0.29) is 0 Å². The second-order valence-electron chi connectivity index (χ2n) is 17.0. The van der Waals surface area contributed by atoms with Crippen LogP contribution >= 0.6 is 22.7 Å². The lowest BCUT2D eigenvalue weighted by atomic mass is 9.93. The lowest BCUT2D eigenvalue weighted by Gasteiger charge is -2.11. The maximum absolute atomic E-state index is 6.45. The van der Waals surface area contributed by atoms with Crippen molar-refractivity contribution in [1.29, 1.82) is 0 Å². The highest BCUT2D eigenvalue weighted by molar-refractivity contribution is 7.23. The number of fused-ring (bicyclic) bond motifs is 2. The van der Waals surface area contributed by atoms with E-state index in [1.165, 1.54) is 44.5 Å². The third-order valence-electron chi connectivity index (χ3n) is 12.4. The predicted octanol–water partition coefficient (Wildman–Crippen LogP) is 18.4. The van der Waals surface area contributed by atoms with E-state index in [9.17, 15) is 0 Å². The van der Waals surface area contributed by atoms with Crippen LogP contribution in [0, 0.1) is 0 Å². The van der Waals surface area contributed by atoms with E-state index >= 15 is 0 Å². The van der Waals surface area contributed by atoms with Crippen LogP contribution in [0.5, 0.6) is 11.5 Å². The fraction of sp³-hybridized carbons (Fsp3) is 0.0625. The van der Waals surface area contributed by atoms with Crippen molar-refractivity contribution >= 4 is 66.6 Å². The van der Waals surface area contributed by atoms with Gasteiger partial charge in [0.2, 0.25) is 0 Å². The van der Waals surface area contributed by atoms with Crippen molar-refractivity contribution in [2.75, 3.05) is 13.2 Å². The molecule has 2 heterocycles. The van der Waals surface area contributed by atoms with Gasteiger partial charge in [-0.05, 0) is 153 Å². The van der Waals surface area contributed by atoms with Gasteiger partial charge in [-0.15, -0.1) is 22.7 Å². The molecule has 9 aromatic carbocycles. The molecule has 0 aliphatic carbocycles. The van der Waals surface area contributed by atoms with Crippen molar-refractivity contribution in [2.45, 2.75) is 13.8 Å². The molecule has 2 aromatic heterocycles. The fourth-order valence-corrected chi connectivity index (χ4v) is 11.1. The number of aliphatic imine (C=N–C) groups is 2. The molecule has 0 unspecified atom stereocenters. The summed E-state index contributed by atoms with van der Waals surface area (Å²) in [7, 11) is 0. The molecule has 0 saturated heterocycles. The Morgan fingerprint density at radius 2 is 0.600 bits per heavy atom. The Morgan fingerprint density at radius 1 is 0.329 bits per heavy atom. The maximum atomic E-state index is 6.45. The van der Waals surface area contributed by atoms with Gasteiger partial charge in [-0.25, -0.2) is 0 Å². The zero-order valence-electron chi connectivity index (χ0n) is 38.9. The number of rotatable bonds is 14. The van der Waals surface area contributed by atoms with E-state index < -0.39 is 0 Å². The predicted molar refractivity (Wildman–Crippen MR) is 300 cm³/mol. The minimum atomic E-state index is 0.541. The molecular formula is C64H48N2O2S2. The molecular weight excluding hydrogens is 893 g/mol. The van der Waals surface area contributed by atoms with Gasteiger partial charge in [0.15, 0.2) is 0 Å². The number of benzene rings is 9. The van der Waals surface area contributed by atoms with Crippen LogP contribution in [0.2, 0.25) is 0 Å². The number of nitrogens with zero attached hydrogens (tertiary/aromatic N) is 2. The molecule has 11 aromatic rings. The van der Waals surface area contributed by atoms with E-state index in [1.54, 1.807) is 22.7 Å². The third kappa shape index (κ3) is 9.48. The van der Waals surface area contributed by atoms with E-state index in [4.69, 9.17) is 19.5 Å². The lowest BCUT2D eigenvalue weighted by molar-refractivity contribution is 0.343.